The van der Waals surface area contributed by atoms with Crippen molar-refractivity contribution in [2.75, 3.05) is 11.5 Å². The Kier molecular flexibility index (Phi) is 5.07. The first-order chi connectivity index (χ1) is 17.6. The summed E-state index contributed by atoms with van der Waals surface area (Å²) in [5.74, 6) is 1.47. The van der Waals surface area contributed by atoms with E-state index in [9.17, 15) is 0 Å². The maximum atomic E-state index is 6.23. The highest BCUT2D eigenvalue weighted by atomic mass is 16.5. The molecule has 36 heavy (non-hydrogen) atoms. The van der Waals surface area contributed by atoms with Crippen molar-refractivity contribution in [1.82, 2.24) is 34.3 Å². The molecule has 0 aliphatic heterocycles. The number of benzene rings is 1. The number of hydrogen-bond acceptors (Lipinski definition) is 9. The van der Waals surface area contributed by atoms with Gasteiger partial charge in [-0.05, 0) is 24.3 Å². The summed E-state index contributed by atoms with van der Waals surface area (Å²) < 4.78 is 15.0. The number of nitrogens with two attached hydrogens (primary N) is 2. The SMILES string of the molecule is Cn1ccc(-c2cn(-c3cncc(COc4ccc(-c5ncco5)c(N)c4)c3)c3ncnc(N)c23)n1. The maximum Gasteiger partial charge on any atom is 0.227 e. The summed E-state index contributed by atoms with van der Waals surface area (Å²) in [6, 6.07) is 9.30. The van der Waals surface area contributed by atoms with Gasteiger partial charge in [0.2, 0.25) is 5.89 Å². The fourth-order valence-corrected chi connectivity index (χ4v) is 4.07. The minimum absolute atomic E-state index is 0.294. The Morgan fingerprint density at radius 2 is 1.94 bits per heavy atom. The Morgan fingerprint density at radius 1 is 1.03 bits per heavy atom. The first kappa shape index (κ1) is 21.4. The third-order valence-electron chi connectivity index (χ3n) is 5.75. The second kappa shape index (κ2) is 8.55. The van der Waals surface area contributed by atoms with E-state index in [0.717, 1.165) is 27.9 Å². The number of aromatic nitrogens is 7. The molecule has 5 heterocycles. The van der Waals surface area contributed by atoms with Gasteiger partial charge < -0.3 is 20.6 Å². The first-order valence-electron chi connectivity index (χ1n) is 11.0. The lowest BCUT2D eigenvalue weighted by Crippen LogP contribution is -2.01. The zero-order chi connectivity index (χ0) is 24.6. The summed E-state index contributed by atoms with van der Waals surface area (Å²) >= 11 is 0. The van der Waals surface area contributed by atoms with E-state index in [1.807, 2.05) is 48.3 Å². The van der Waals surface area contributed by atoms with Gasteiger partial charge in [-0.1, -0.05) is 0 Å². The highest BCUT2D eigenvalue weighted by Crippen LogP contribution is 2.33. The fourth-order valence-electron chi connectivity index (χ4n) is 4.07. The smallest absolute Gasteiger partial charge is 0.227 e. The lowest BCUT2D eigenvalue weighted by Gasteiger charge is -2.10. The first-order valence-corrected chi connectivity index (χ1v) is 11.0. The monoisotopic (exact) mass is 479 g/mol. The van der Waals surface area contributed by atoms with Crippen LogP contribution in [0.4, 0.5) is 11.5 Å². The number of pyridine rings is 1. The highest BCUT2D eigenvalue weighted by Gasteiger charge is 2.18. The zero-order valence-electron chi connectivity index (χ0n) is 19.2. The molecule has 11 heteroatoms. The lowest BCUT2D eigenvalue weighted by atomic mass is 10.1. The van der Waals surface area contributed by atoms with Crippen molar-refractivity contribution in [1.29, 1.82) is 0 Å². The molecule has 0 radical (unpaired) electrons. The number of anilines is 2. The molecule has 0 amide bonds. The molecule has 5 aromatic heterocycles. The van der Waals surface area contributed by atoms with Gasteiger partial charge in [-0.15, -0.1) is 0 Å². The molecule has 0 aliphatic rings. The second-order valence-corrected chi connectivity index (χ2v) is 8.17. The van der Waals surface area contributed by atoms with Crippen molar-refractivity contribution in [3.05, 3.63) is 79.5 Å². The Balaban J connectivity index is 1.30. The minimum atomic E-state index is 0.294. The Morgan fingerprint density at radius 3 is 2.72 bits per heavy atom. The second-order valence-electron chi connectivity index (χ2n) is 8.17. The van der Waals surface area contributed by atoms with Crippen molar-refractivity contribution >= 4 is 22.5 Å². The van der Waals surface area contributed by atoms with Crippen molar-refractivity contribution < 1.29 is 9.15 Å². The van der Waals surface area contributed by atoms with E-state index < -0.39 is 0 Å². The molecule has 0 fully saturated rings. The number of aryl methyl sites for hydroxylation is 1. The molecule has 0 saturated carbocycles. The number of rotatable bonds is 6. The molecule has 0 saturated heterocycles. The topological polar surface area (TPSA) is 149 Å². The molecule has 11 nitrogen and oxygen atoms in total. The molecule has 0 unspecified atom stereocenters. The van der Waals surface area contributed by atoms with Gasteiger partial charge in [0.25, 0.3) is 0 Å². The number of fused-ring (bicyclic) bond motifs is 1. The van der Waals surface area contributed by atoms with Gasteiger partial charge in [0, 0.05) is 48.5 Å². The molecule has 0 aliphatic carbocycles. The summed E-state index contributed by atoms with van der Waals surface area (Å²) in [5.41, 5.74) is 17.6. The van der Waals surface area contributed by atoms with Gasteiger partial charge in [0.1, 0.15) is 30.8 Å². The van der Waals surface area contributed by atoms with Crippen molar-refractivity contribution in [3.63, 3.8) is 0 Å². The fraction of sp³-hybridized carbons (Fsp3) is 0.0800. The van der Waals surface area contributed by atoms with Crippen LogP contribution in [0.3, 0.4) is 0 Å². The normalized spacial score (nSPS) is 11.2. The summed E-state index contributed by atoms with van der Waals surface area (Å²) in [7, 11) is 1.87. The van der Waals surface area contributed by atoms with Crippen LogP contribution in [0, 0.1) is 0 Å². The van der Waals surface area contributed by atoms with Gasteiger partial charge >= 0.3 is 0 Å². The number of nitrogens with zero attached hydrogens (tertiary/aromatic N) is 7. The van der Waals surface area contributed by atoms with Crippen molar-refractivity contribution in [2.45, 2.75) is 6.61 Å². The minimum Gasteiger partial charge on any atom is -0.489 e. The van der Waals surface area contributed by atoms with E-state index in [-0.39, 0.29) is 0 Å². The number of nitrogen functional groups attached to an aromatic ring is 2. The van der Waals surface area contributed by atoms with E-state index in [4.69, 9.17) is 20.6 Å². The van der Waals surface area contributed by atoms with Crippen LogP contribution < -0.4 is 16.2 Å². The Bertz CT molecular complexity index is 1690. The van der Waals surface area contributed by atoms with Crippen LogP contribution in [0.1, 0.15) is 5.56 Å². The molecule has 6 rings (SSSR count). The molecule has 1 aromatic carbocycles. The van der Waals surface area contributed by atoms with Gasteiger partial charge in [-0.3, -0.25) is 14.2 Å². The molecule has 178 valence electrons. The highest BCUT2D eigenvalue weighted by molar-refractivity contribution is 6.00. The van der Waals surface area contributed by atoms with E-state index in [1.54, 1.807) is 29.3 Å². The quantitative estimate of drug-likeness (QED) is 0.342. The van der Waals surface area contributed by atoms with Crippen molar-refractivity contribution in [3.8, 4) is 34.1 Å². The summed E-state index contributed by atoms with van der Waals surface area (Å²) in [6.07, 6.45) is 11.9. The van der Waals surface area contributed by atoms with E-state index in [2.05, 4.69) is 25.0 Å². The molecule has 6 aromatic rings. The average Bonchev–Trinajstić information content (AvgIpc) is 3.63. The third-order valence-corrected chi connectivity index (χ3v) is 5.75. The predicted molar refractivity (Wildman–Crippen MR) is 134 cm³/mol. The summed E-state index contributed by atoms with van der Waals surface area (Å²) in [5, 5.41) is 5.26. The Labute approximate surface area is 205 Å². The lowest BCUT2D eigenvalue weighted by molar-refractivity contribution is 0.306. The standard InChI is InChI=1S/C25H21N9O2/c1-33-6-4-21(32-33)19-12-34(24-22(19)23(27)30-14-31-24)16-8-15(10-28-11-16)13-36-17-2-3-18(20(26)9-17)25-29-5-7-35-25/h2-12,14H,13,26H2,1H3,(H2,27,30,31). The molecule has 0 bridgehead atoms. The van der Waals surface area contributed by atoms with Gasteiger partial charge in [-0.2, -0.15) is 5.10 Å². The predicted octanol–water partition coefficient (Wildman–Crippen LogP) is 3.61. The number of ether oxygens (including phenoxy) is 1. The van der Waals surface area contributed by atoms with Crippen LogP contribution in [-0.4, -0.2) is 34.3 Å². The molecular formula is C25H21N9O2. The van der Waals surface area contributed by atoms with Crippen LogP contribution in [0.25, 0.3) is 39.4 Å². The summed E-state index contributed by atoms with van der Waals surface area (Å²) in [4.78, 5) is 17.2. The molecule has 0 atom stereocenters. The van der Waals surface area contributed by atoms with Crippen LogP contribution in [0.5, 0.6) is 5.75 Å². The zero-order valence-corrected chi connectivity index (χ0v) is 19.2. The van der Waals surface area contributed by atoms with Crippen LogP contribution in [-0.2, 0) is 13.7 Å². The van der Waals surface area contributed by atoms with E-state index in [1.165, 1.54) is 12.6 Å². The third kappa shape index (κ3) is 3.78. The maximum absolute atomic E-state index is 6.23. The number of oxazole rings is 1. The molecular weight excluding hydrogens is 458 g/mol. The van der Waals surface area contributed by atoms with Gasteiger partial charge in [0.15, 0.2) is 5.65 Å². The van der Waals surface area contributed by atoms with Gasteiger partial charge in [-0.25, -0.2) is 15.0 Å². The van der Waals surface area contributed by atoms with E-state index >= 15 is 0 Å². The molecule has 0 spiro atoms. The number of hydrogen-bond donors (Lipinski definition) is 2. The van der Waals surface area contributed by atoms with Crippen molar-refractivity contribution in [2.24, 2.45) is 7.05 Å². The average molecular weight is 480 g/mol. The van der Waals surface area contributed by atoms with Crippen LogP contribution in [0.15, 0.2) is 78.3 Å². The van der Waals surface area contributed by atoms with Gasteiger partial charge in [0.05, 0.1) is 34.7 Å². The summed E-state index contributed by atoms with van der Waals surface area (Å²) in [6.45, 7) is 0.294. The largest absolute Gasteiger partial charge is 0.489 e. The van der Waals surface area contributed by atoms with Crippen LogP contribution in [0.2, 0.25) is 0 Å². The van der Waals surface area contributed by atoms with Crippen LogP contribution >= 0.6 is 0 Å². The van der Waals surface area contributed by atoms with E-state index in [0.29, 0.717) is 41.0 Å². The molecule has 4 N–H and O–H groups in total. The Hall–Kier alpha value is -5.19.